The molecule has 0 bridgehead atoms. The van der Waals surface area contributed by atoms with E-state index < -0.39 is 41.7 Å². The van der Waals surface area contributed by atoms with Crippen molar-refractivity contribution in [2.24, 2.45) is 0 Å². The lowest BCUT2D eigenvalue weighted by atomic mass is 9.70. The largest absolute Gasteiger partial charge is 0.496 e. The number of benzene rings is 5. The summed E-state index contributed by atoms with van der Waals surface area (Å²) in [6.45, 7) is 0.113. The molecule has 0 radical (unpaired) electrons. The second-order valence-corrected chi connectivity index (χ2v) is 11.8. The topological polar surface area (TPSA) is 65.0 Å². The molecule has 5 nitrogen and oxygen atoms in total. The van der Waals surface area contributed by atoms with Gasteiger partial charge in [0.2, 0.25) is 6.29 Å². The van der Waals surface area contributed by atoms with Crippen LogP contribution in [0.4, 0.5) is 8.78 Å². The summed E-state index contributed by atoms with van der Waals surface area (Å²) >= 11 is 0. The molecule has 1 fully saturated rings. The Hall–Kier alpha value is -5.11. The minimum atomic E-state index is -3.88. The van der Waals surface area contributed by atoms with Gasteiger partial charge in [-0.15, -0.1) is 0 Å². The molecule has 0 aromatic heterocycles. The third kappa shape index (κ3) is 5.52. The third-order valence-corrected chi connectivity index (χ3v) is 9.06. The molecule has 1 aliphatic heterocycles. The lowest BCUT2D eigenvalue weighted by Crippen LogP contribution is -2.45. The zero-order valence-corrected chi connectivity index (χ0v) is 25.3. The molecule has 4 atom stereocenters. The van der Waals surface area contributed by atoms with E-state index in [4.69, 9.17) is 14.2 Å². The highest BCUT2D eigenvalue weighted by molar-refractivity contribution is 5.89. The number of carbonyl (C=O) groups is 1. The molecule has 236 valence electrons. The average Bonchev–Trinajstić information content (AvgIpc) is 3.59. The number of hydrogen-bond donors (Lipinski definition) is 1. The van der Waals surface area contributed by atoms with Crippen LogP contribution in [0.15, 0.2) is 151 Å². The number of hydrogen-bond acceptors (Lipinski definition) is 5. The Morgan fingerprint density at radius 2 is 1.21 bits per heavy atom. The van der Waals surface area contributed by atoms with Crippen LogP contribution in [0.2, 0.25) is 0 Å². The van der Waals surface area contributed by atoms with Crippen molar-refractivity contribution >= 4 is 12.0 Å². The molecule has 0 spiro atoms. The van der Waals surface area contributed by atoms with Crippen LogP contribution in [0.25, 0.3) is 6.08 Å². The summed E-state index contributed by atoms with van der Waals surface area (Å²) < 4.78 is 49.1. The van der Waals surface area contributed by atoms with Gasteiger partial charge in [0.25, 0.3) is 0 Å². The number of aliphatic hydroxyl groups is 1. The van der Waals surface area contributed by atoms with E-state index in [1.807, 2.05) is 78.9 Å². The first kappa shape index (κ1) is 30.5. The van der Waals surface area contributed by atoms with E-state index in [2.05, 4.69) is 36.4 Å². The van der Waals surface area contributed by atoms with Crippen molar-refractivity contribution in [1.82, 2.24) is 0 Å². The lowest BCUT2D eigenvalue weighted by Gasteiger charge is -2.37. The fourth-order valence-corrected chi connectivity index (χ4v) is 6.73. The number of halogens is 2. The Labute approximate surface area is 271 Å². The van der Waals surface area contributed by atoms with Gasteiger partial charge in [-0.3, -0.25) is 0 Å². The summed E-state index contributed by atoms with van der Waals surface area (Å²) in [7, 11) is 0. The van der Waals surface area contributed by atoms with Crippen molar-refractivity contribution in [2.45, 2.75) is 35.8 Å². The summed E-state index contributed by atoms with van der Waals surface area (Å²) in [5, 5.41) is 10.5. The quantitative estimate of drug-likeness (QED) is 0.133. The summed E-state index contributed by atoms with van der Waals surface area (Å²) in [5.41, 5.74) is 3.71. The average molecular weight is 631 g/mol. The number of esters is 1. The van der Waals surface area contributed by atoms with Gasteiger partial charge >= 0.3 is 11.9 Å². The Morgan fingerprint density at radius 3 is 1.77 bits per heavy atom. The molecule has 7 heteroatoms. The summed E-state index contributed by atoms with van der Waals surface area (Å²) in [4.78, 5) is 13.1. The van der Waals surface area contributed by atoms with E-state index in [0.29, 0.717) is 11.3 Å². The third-order valence-electron chi connectivity index (χ3n) is 9.06. The monoisotopic (exact) mass is 630 g/mol. The summed E-state index contributed by atoms with van der Waals surface area (Å²) in [6.07, 6.45) is -4.20. The van der Waals surface area contributed by atoms with Crippen molar-refractivity contribution in [1.29, 1.82) is 0 Å². The number of alkyl halides is 2. The molecule has 0 saturated carbocycles. The van der Waals surface area contributed by atoms with E-state index in [-0.39, 0.29) is 12.2 Å². The maximum Gasteiger partial charge on any atom is 0.338 e. The molecular weight excluding hydrogens is 598 g/mol. The van der Waals surface area contributed by atoms with Crippen LogP contribution >= 0.6 is 0 Å². The van der Waals surface area contributed by atoms with Crippen LogP contribution in [0, 0.1) is 0 Å². The molecule has 1 heterocycles. The fraction of sp³-hybridized carbons (Fsp3) is 0.175. The van der Waals surface area contributed by atoms with Crippen molar-refractivity contribution in [3.05, 3.63) is 185 Å². The van der Waals surface area contributed by atoms with Crippen LogP contribution in [-0.4, -0.2) is 42.1 Å². The second-order valence-electron chi connectivity index (χ2n) is 11.8. The first-order valence-corrected chi connectivity index (χ1v) is 15.5. The normalized spacial score (nSPS) is 21.5. The van der Waals surface area contributed by atoms with Crippen LogP contribution in [0.5, 0.6) is 0 Å². The highest BCUT2D eigenvalue weighted by atomic mass is 19.3. The van der Waals surface area contributed by atoms with E-state index in [1.165, 1.54) is 12.1 Å². The molecule has 2 unspecified atom stereocenters. The Morgan fingerprint density at radius 1 is 0.723 bits per heavy atom. The smallest absolute Gasteiger partial charge is 0.338 e. The molecule has 5 aromatic rings. The van der Waals surface area contributed by atoms with Crippen molar-refractivity contribution in [3.63, 3.8) is 0 Å². The molecule has 5 aromatic carbocycles. The Balaban J connectivity index is 1.29. The van der Waals surface area contributed by atoms with Gasteiger partial charge in [-0.1, -0.05) is 133 Å². The number of carbonyl (C=O) groups excluding carboxylic acids is 1. The van der Waals surface area contributed by atoms with Crippen LogP contribution in [-0.2, 0) is 19.6 Å². The van der Waals surface area contributed by atoms with Gasteiger partial charge in [-0.05, 0) is 46.0 Å². The number of ether oxygens (including phenoxy) is 3. The predicted octanol–water partition coefficient (Wildman–Crippen LogP) is 7.75. The molecule has 7 rings (SSSR count). The minimum absolute atomic E-state index is 0.112. The molecule has 1 aliphatic carbocycles. The maximum atomic E-state index is 15.6. The van der Waals surface area contributed by atoms with Gasteiger partial charge in [-0.25, -0.2) is 4.79 Å². The van der Waals surface area contributed by atoms with E-state index >= 15 is 8.78 Å². The van der Waals surface area contributed by atoms with Gasteiger partial charge in [0, 0.05) is 0 Å². The van der Waals surface area contributed by atoms with E-state index in [1.54, 1.807) is 24.3 Å². The molecule has 0 amide bonds. The zero-order chi connectivity index (χ0) is 32.4. The van der Waals surface area contributed by atoms with E-state index in [9.17, 15) is 9.90 Å². The standard InChI is InChI=1S/C40H32F2O5/c41-40(42)36(47-37(43)27-15-5-1-6-16-27)35(46-38(40)44)34-32-24-14-13-17-28(32)25-33(34)45-26-39(29-18-7-2-8-19-29,30-20-9-3-10-21-30)31-22-11-4-12-23-31/h1-25,34-36,38,44H,26H2/t34?,35-,36-,38?/m1/s1. The van der Waals surface area contributed by atoms with Gasteiger partial charge in [0.15, 0.2) is 6.10 Å². The van der Waals surface area contributed by atoms with Crippen molar-refractivity contribution in [2.75, 3.05) is 6.61 Å². The highest BCUT2D eigenvalue weighted by Crippen LogP contribution is 2.50. The van der Waals surface area contributed by atoms with Crippen LogP contribution in [0.1, 0.15) is 44.1 Å². The van der Waals surface area contributed by atoms with Gasteiger partial charge in [0.1, 0.15) is 18.5 Å². The summed E-state index contributed by atoms with van der Waals surface area (Å²) in [6, 6.07) is 45.3. The Bertz CT molecular complexity index is 1770. The first-order chi connectivity index (χ1) is 22.9. The first-order valence-electron chi connectivity index (χ1n) is 15.5. The Kier molecular flexibility index (Phi) is 8.18. The molecule has 1 saturated heterocycles. The molecule has 1 N–H and O–H groups in total. The maximum absolute atomic E-state index is 15.6. The van der Waals surface area contributed by atoms with Gasteiger partial charge in [-0.2, -0.15) is 8.78 Å². The SMILES string of the molecule is O=C(O[C@@H]1[C@@H](C2C(OCC(c3ccccc3)(c3ccccc3)c3ccccc3)=Cc3ccccc32)OC(O)C1(F)F)c1ccccc1. The fourth-order valence-electron chi connectivity index (χ4n) is 6.73. The van der Waals surface area contributed by atoms with Gasteiger partial charge in [0.05, 0.1) is 16.9 Å². The van der Waals surface area contributed by atoms with Crippen molar-refractivity contribution in [3.8, 4) is 0 Å². The van der Waals surface area contributed by atoms with Crippen LogP contribution in [0.3, 0.4) is 0 Å². The summed E-state index contributed by atoms with van der Waals surface area (Å²) in [5.74, 6) is -5.34. The second kappa shape index (κ2) is 12.6. The number of rotatable bonds is 9. The minimum Gasteiger partial charge on any atom is -0.496 e. The van der Waals surface area contributed by atoms with E-state index in [0.717, 1.165) is 22.3 Å². The molecular formula is C40H32F2O5. The highest BCUT2D eigenvalue weighted by Gasteiger charge is 2.64. The molecule has 2 aliphatic rings. The predicted molar refractivity (Wildman–Crippen MR) is 174 cm³/mol. The number of aliphatic hydroxyl groups excluding tert-OH is 1. The lowest BCUT2D eigenvalue weighted by molar-refractivity contribution is -0.198. The zero-order valence-electron chi connectivity index (χ0n) is 25.3. The van der Waals surface area contributed by atoms with Gasteiger partial charge < -0.3 is 19.3 Å². The number of fused-ring (bicyclic) bond motifs is 1. The van der Waals surface area contributed by atoms with Crippen LogP contribution < -0.4 is 0 Å². The van der Waals surface area contributed by atoms with Crippen molar-refractivity contribution < 1.29 is 32.9 Å². The molecule has 47 heavy (non-hydrogen) atoms.